The van der Waals surface area contributed by atoms with Crippen LogP contribution in [-0.2, 0) is 79.7 Å². The zero-order valence-corrected chi connectivity index (χ0v) is 111. The van der Waals surface area contributed by atoms with E-state index in [1.54, 1.807) is 0 Å². The van der Waals surface area contributed by atoms with Crippen molar-refractivity contribution in [1.29, 1.82) is 0 Å². The first-order valence-corrected chi connectivity index (χ1v) is 90.9. The summed E-state index contributed by atoms with van der Waals surface area (Å²) >= 11 is 0. The number of fused-ring (bicyclic) bond motifs is 12. The molecular weight excluding hydrogens is 2280 g/mol. The molecule has 0 radical (unpaired) electrons. The topological polar surface area (TPSA) is 166 Å². The molecule has 0 aromatic rings. The van der Waals surface area contributed by atoms with Crippen molar-refractivity contribution in [3.8, 4) is 0 Å². The van der Waals surface area contributed by atoms with E-state index in [4.69, 9.17) is 79.7 Å². The third kappa shape index (κ3) is 25.7. The van der Waals surface area contributed by atoms with Gasteiger partial charge in [-0.2, -0.15) is 0 Å². The van der Waals surface area contributed by atoms with Gasteiger partial charge < -0.3 is 79.7 Å². The van der Waals surface area contributed by atoms with Gasteiger partial charge in [0, 0.05) is 119 Å². The second-order valence-corrected chi connectivity index (χ2v) is 96.2. The Bertz CT molecular complexity index is 3200. The van der Waals surface area contributed by atoms with E-state index < -0.39 is 65.1 Å². The van der Waals surface area contributed by atoms with Gasteiger partial charge in [-0.25, -0.2) is 0 Å². The summed E-state index contributed by atoms with van der Waals surface area (Å²) in [5.74, 6) is 6.43. The minimum absolute atomic E-state index is 0.333. The van der Waals surface area contributed by atoms with Gasteiger partial charge in [0.2, 0.25) is 0 Å². The van der Waals surface area contributed by atoms with Crippen molar-refractivity contribution in [2.24, 2.45) is 76.9 Å². The fraction of sp³-hybridized carbons (Fsp3) is 1.00. The van der Waals surface area contributed by atoms with E-state index in [2.05, 4.69) is 275 Å². The molecule has 0 saturated heterocycles. The summed E-state index contributed by atoms with van der Waals surface area (Å²) in [6.45, 7) is 56.2. The maximum absolute atomic E-state index is 7.29. The van der Waals surface area contributed by atoms with Crippen molar-refractivity contribution in [3.63, 3.8) is 0 Å². The van der Waals surface area contributed by atoms with Gasteiger partial charge in [0.15, 0.2) is 3.41 Å². The zero-order valence-electron chi connectivity index (χ0n) is 85.0. The van der Waals surface area contributed by atoms with Gasteiger partial charge in [-0.3, -0.25) is 0 Å². The Morgan fingerprint density at radius 3 is 0.551 bits per heavy atom. The highest BCUT2D eigenvalue weighted by atomic mass is 33.7. The van der Waals surface area contributed by atoms with Crippen LogP contribution in [0.1, 0.15) is 319 Å². The van der Waals surface area contributed by atoms with E-state index >= 15 is 0 Å². The molecule has 18 nitrogen and oxygen atoms in total. The summed E-state index contributed by atoms with van der Waals surface area (Å²) in [6.07, 6.45) is 30.7. The molecule has 0 aromatic carbocycles. The molecule has 20 atom stereocenters. The van der Waals surface area contributed by atoms with Gasteiger partial charge >= 0.3 is 52.8 Å². The largest absolute Gasteiger partial charge is 0.519 e. The minimum Gasteiger partial charge on any atom is -0.373 e. The fourth-order valence-electron chi connectivity index (χ4n) is 25.8. The first-order valence-electron chi connectivity index (χ1n) is 51.6. The maximum Gasteiger partial charge on any atom is 0.519 e. The van der Waals surface area contributed by atoms with Crippen molar-refractivity contribution in [1.82, 2.24) is 0 Å². The molecule has 12 saturated carbocycles. The lowest BCUT2D eigenvalue weighted by molar-refractivity contribution is 0.0494. The van der Waals surface area contributed by atoms with Crippen LogP contribution in [0.25, 0.3) is 0 Å². The second kappa shape index (κ2) is 58.2. The van der Waals surface area contributed by atoms with E-state index in [9.17, 15) is 0 Å². The van der Waals surface area contributed by atoms with E-state index in [-0.39, 0.29) is 26.2 Å². The SMILES string of the molecule is CCO[Si](OCC)(OCC)C1(SSSSC(CCC(C)CC)(SSSSC2([Si](OCC)(OCC)OCC)CC3CCC2C3)C(C)(SSSSC2([Si](OCC)(OCC)OCC)CC3CCC2C3)C(SSSSC2([Si](OCC)(OCC)OCC)CC3CCC2C3)(SSSSC2([Si](OCC)(OCC)OCC)CC3CCC2C3)SSSSC2([Si](OCC)(OCC)OCC)CC3CCC2C3)CC2CCC1C2. The van der Waals surface area contributed by atoms with Crippen molar-refractivity contribution in [3.05, 3.63) is 0 Å². The van der Waals surface area contributed by atoms with E-state index in [0.717, 1.165) is 96.3 Å². The Morgan fingerprint density at radius 1 is 0.235 bits per heavy atom. The molecule has 12 aliphatic carbocycles. The molecule has 136 heavy (non-hydrogen) atoms. The van der Waals surface area contributed by atoms with Gasteiger partial charge in [-0.1, -0.05) is 156 Å². The molecule has 0 spiro atoms. The highest BCUT2D eigenvalue weighted by Crippen LogP contribution is 2.85. The lowest BCUT2D eigenvalue weighted by atomic mass is 9.96. The molecule has 0 aromatic heterocycles. The van der Waals surface area contributed by atoms with Crippen molar-refractivity contribution in [2.75, 3.05) is 119 Å². The lowest BCUT2D eigenvalue weighted by Crippen LogP contribution is -2.65. The Morgan fingerprint density at radius 2 is 0.404 bits per heavy atom. The first-order chi connectivity index (χ1) is 65.9. The van der Waals surface area contributed by atoms with Crippen LogP contribution in [0.2, 0.25) is 0 Å². The van der Waals surface area contributed by atoms with Crippen LogP contribution in [0.3, 0.4) is 0 Å². The molecule has 0 amide bonds. The third-order valence-electron chi connectivity index (χ3n) is 31.1. The summed E-state index contributed by atoms with van der Waals surface area (Å²) in [7, 11) is 29.1. The molecule has 48 heteroatoms. The first kappa shape index (κ1) is 124. The number of rotatable bonds is 78. The average Bonchev–Trinajstić information content (AvgIpc) is 1.22. The van der Waals surface area contributed by atoms with E-state index in [1.165, 1.54) is 77.0 Å². The average molecular weight is 2450 g/mol. The Hall–Kier alpha value is 8.98. The molecule has 12 fully saturated rings. The minimum atomic E-state index is -3.40. The standard InChI is InChI=1S/C88H166O18S24Si6/c1-22-67(20)53-54-87(114-126-121-109-82(62-69-42-48-75(82)56-69)132(92-26-5,93-27-6)94-28-7,115-127-122-110-83(63-70-43-49-76(83)57-70)133(95-29-8,96-30-9)97-31-10)80(21,107-119-120-108-81(61-68-41-47-74(81)55-68)131(89-23-2,90-24-3)91-25-4)88(116-128-123-111-84(64-71-44-50-77(84)58-71)134(98-32-11,99-33-12)100-34-13,117-129-124-112-85(65-72-45-51-78(85)59-72)135(101-35-14,102-36-15)103-37-16)118-130-125-113-86(66-73-46-52-79(86)60-73)136(104-38-17,105-39-18)106-40-19/h67-79H,22-66H2,1-21H3. The quantitative estimate of drug-likeness (QED) is 0.0244. The van der Waals surface area contributed by atoms with Crippen molar-refractivity contribution >= 4 is 300 Å². The molecule has 0 aliphatic heterocycles. The van der Waals surface area contributed by atoms with E-state index in [1.807, 2.05) is 118 Å². The molecule has 0 heterocycles. The Labute approximate surface area is 921 Å². The normalized spacial score (nSPS) is 32.9. The molecule has 12 bridgehead atoms. The van der Waals surface area contributed by atoms with Crippen molar-refractivity contribution < 1.29 is 79.7 Å². The fourth-order valence-corrected chi connectivity index (χ4v) is 121. The maximum atomic E-state index is 7.29. The summed E-state index contributed by atoms with van der Waals surface area (Å²) < 4.78 is 127. The van der Waals surface area contributed by atoms with Gasteiger partial charge in [0.05, 0.1) is 4.75 Å². The van der Waals surface area contributed by atoms with Crippen LogP contribution in [0.5, 0.6) is 0 Å². The van der Waals surface area contributed by atoms with E-state index in [0.29, 0.717) is 196 Å². The predicted octanol–water partition coefficient (Wildman–Crippen LogP) is 33.9. The molecule has 794 valence electrons. The smallest absolute Gasteiger partial charge is 0.373 e. The number of hydrogen-bond donors (Lipinski definition) is 0. The summed E-state index contributed by atoms with van der Waals surface area (Å²) in [4.78, 5) is 0. The van der Waals surface area contributed by atoms with Crippen LogP contribution in [-0.4, -0.2) is 210 Å². The second-order valence-electron chi connectivity index (χ2n) is 38.2. The van der Waals surface area contributed by atoms with Gasteiger partial charge in [0.25, 0.3) is 0 Å². The molecule has 12 rings (SSSR count). The third-order valence-corrected chi connectivity index (χ3v) is 111. The monoisotopic (exact) mass is 2450 g/mol. The van der Waals surface area contributed by atoms with Crippen LogP contribution in [0, 0.1) is 76.9 Å². The van der Waals surface area contributed by atoms with Crippen LogP contribution in [0.4, 0.5) is 0 Å². The van der Waals surface area contributed by atoms with Crippen LogP contribution in [0.15, 0.2) is 0 Å². The highest BCUT2D eigenvalue weighted by molar-refractivity contribution is 9.34. The molecule has 20 unspecified atom stereocenters. The zero-order chi connectivity index (χ0) is 97.5. The Balaban J connectivity index is 1.10. The molecule has 0 N–H and O–H groups in total. The molecular formula is C88H166O18S24Si6. The van der Waals surface area contributed by atoms with Gasteiger partial charge in [-0.15, -0.1) is 0 Å². The van der Waals surface area contributed by atoms with Gasteiger partial charge in [-0.05, 0) is 487 Å². The molecule has 12 aliphatic rings. The number of hydrogen-bond acceptors (Lipinski definition) is 42. The lowest BCUT2D eigenvalue weighted by Gasteiger charge is -2.54. The summed E-state index contributed by atoms with van der Waals surface area (Å²) in [5, 5.41) is 0. The van der Waals surface area contributed by atoms with Crippen LogP contribution >= 0.6 is 247 Å². The van der Waals surface area contributed by atoms with Crippen molar-refractivity contribution in [2.45, 2.75) is 357 Å². The summed E-state index contributed by atoms with van der Waals surface area (Å²) in [6, 6.07) is 0. The highest BCUT2D eigenvalue weighted by Gasteiger charge is 2.78. The van der Waals surface area contributed by atoms with Crippen LogP contribution < -0.4 is 0 Å². The Kier molecular flexibility index (Phi) is 52.8. The predicted molar refractivity (Wildman–Crippen MR) is 638 cm³/mol. The summed E-state index contributed by atoms with van der Waals surface area (Å²) in [5.41, 5.74) is 0. The van der Waals surface area contributed by atoms with Gasteiger partial charge in [0.1, 0.15) is 30.3 Å².